The predicted octanol–water partition coefficient (Wildman–Crippen LogP) is 6.68. The second-order valence-corrected chi connectivity index (χ2v) is 9.53. The van der Waals surface area contributed by atoms with Crippen LogP contribution in [0.3, 0.4) is 0 Å². The summed E-state index contributed by atoms with van der Waals surface area (Å²) in [5.41, 5.74) is 5.53. The van der Waals surface area contributed by atoms with Gasteiger partial charge in [-0.25, -0.2) is 0 Å². The third-order valence-electron chi connectivity index (χ3n) is 6.15. The van der Waals surface area contributed by atoms with E-state index in [0.717, 1.165) is 28.3 Å². The smallest absolute Gasteiger partial charge is 0.174 e. The van der Waals surface area contributed by atoms with Crippen molar-refractivity contribution in [2.75, 3.05) is 4.90 Å². The molecule has 2 aromatic heterocycles. The van der Waals surface area contributed by atoms with Crippen molar-refractivity contribution in [1.29, 1.82) is 0 Å². The Labute approximate surface area is 213 Å². The predicted molar refractivity (Wildman–Crippen MR) is 141 cm³/mol. The van der Waals surface area contributed by atoms with Crippen LogP contribution in [0.1, 0.15) is 34.7 Å². The molecule has 0 bridgehead atoms. The lowest BCUT2D eigenvalue weighted by molar-refractivity contribution is 0.472. The van der Waals surface area contributed by atoms with Crippen LogP contribution in [0.25, 0.3) is 5.69 Å². The van der Waals surface area contributed by atoms with Gasteiger partial charge in [0.05, 0.1) is 23.5 Å². The minimum absolute atomic E-state index is 0.101. The SMILES string of the molecule is Cc1cc(C2C(c3ccccn3)NC(=S)N2c2cc(Cl)ccc2O)c(C)n1-c1cccc(Cl)c1. The molecule has 3 heterocycles. The molecule has 172 valence electrons. The first-order valence-corrected chi connectivity index (χ1v) is 12.0. The third-order valence-corrected chi connectivity index (χ3v) is 6.94. The zero-order chi connectivity index (χ0) is 24.0. The van der Waals surface area contributed by atoms with Crippen LogP contribution in [0.2, 0.25) is 10.0 Å². The minimum atomic E-state index is -0.272. The highest BCUT2D eigenvalue weighted by Crippen LogP contribution is 2.46. The number of phenols is 1. The molecule has 0 amide bonds. The molecule has 1 aliphatic rings. The first-order chi connectivity index (χ1) is 16.3. The Morgan fingerprint density at radius 2 is 1.76 bits per heavy atom. The lowest BCUT2D eigenvalue weighted by Gasteiger charge is -2.28. The van der Waals surface area contributed by atoms with Crippen LogP contribution >= 0.6 is 35.4 Å². The van der Waals surface area contributed by atoms with Crippen LogP contribution in [-0.2, 0) is 0 Å². The van der Waals surface area contributed by atoms with Gasteiger partial charge in [0.1, 0.15) is 5.75 Å². The van der Waals surface area contributed by atoms with Crippen molar-refractivity contribution in [3.63, 3.8) is 0 Å². The molecule has 0 saturated carbocycles. The number of aromatic nitrogens is 2. The van der Waals surface area contributed by atoms with Crippen LogP contribution in [0, 0.1) is 13.8 Å². The van der Waals surface area contributed by atoms with E-state index >= 15 is 0 Å². The van der Waals surface area contributed by atoms with Crippen molar-refractivity contribution >= 4 is 46.2 Å². The van der Waals surface area contributed by atoms with Crippen molar-refractivity contribution in [3.05, 3.63) is 106 Å². The highest BCUT2D eigenvalue weighted by Gasteiger charge is 2.43. The molecule has 1 fully saturated rings. The maximum Gasteiger partial charge on any atom is 0.174 e. The highest BCUT2D eigenvalue weighted by atomic mass is 35.5. The van der Waals surface area contributed by atoms with E-state index in [0.29, 0.717) is 20.8 Å². The Hall–Kier alpha value is -3.06. The first-order valence-electron chi connectivity index (χ1n) is 10.8. The fourth-order valence-corrected chi connectivity index (χ4v) is 5.41. The number of hydrogen-bond acceptors (Lipinski definition) is 3. The number of nitrogens with zero attached hydrogens (tertiary/aromatic N) is 3. The molecule has 0 aliphatic carbocycles. The van der Waals surface area contributed by atoms with Gasteiger partial charge in [0.2, 0.25) is 0 Å². The molecule has 34 heavy (non-hydrogen) atoms. The van der Waals surface area contributed by atoms with Crippen molar-refractivity contribution in [3.8, 4) is 11.4 Å². The summed E-state index contributed by atoms with van der Waals surface area (Å²) >= 11 is 18.4. The number of anilines is 1. The molecule has 5 nitrogen and oxygen atoms in total. The first kappa shape index (κ1) is 22.7. The van der Waals surface area contributed by atoms with Crippen molar-refractivity contribution < 1.29 is 5.11 Å². The molecule has 0 spiro atoms. The largest absolute Gasteiger partial charge is 0.506 e. The van der Waals surface area contributed by atoms with Gasteiger partial charge in [-0.2, -0.15) is 0 Å². The third kappa shape index (κ3) is 3.92. The number of halogens is 2. The molecule has 2 unspecified atom stereocenters. The number of aromatic hydroxyl groups is 1. The second-order valence-electron chi connectivity index (χ2n) is 8.27. The molecule has 2 aromatic carbocycles. The Bertz CT molecular complexity index is 1390. The summed E-state index contributed by atoms with van der Waals surface area (Å²) < 4.78 is 2.17. The van der Waals surface area contributed by atoms with E-state index in [4.69, 9.17) is 35.4 Å². The quantitative estimate of drug-likeness (QED) is 0.301. The normalized spacial score (nSPS) is 17.8. The van der Waals surface area contributed by atoms with Gasteiger partial charge < -0.3 is 19.9 Å². The number of rotatable bonds is 4. The molecular weight excluding hydrogens is 487 g/mol. The van der Waals surface area contributed by atoms with Gasteiger partial charge in [0.15, 0.2) is 5.11 Å². The second kappa shape index (κ2) is 8.95. The molecule has 1 saturated heterocycles. The number of phenolic OH excluding ortho intramolecular Hbond substituents is 1. The number of hydrogen-bond donors (Lipinski definition) is 2. The molecule has 5 rings (SSSR count). The number of nitrogens with one attached hydrogen (secondary N) is 1. The summed E-state index contributed by atoms with van der Waals surface area (Å²) in [6.45, 7) is 4.14. The van der Waals surface area contributed by atoms with Crippen molar-refractivity contribution in [2.45, 2.75) is 25.9 Å². The van der Waals surface area contributed by atoms with E-state index in [-0.39, 0.29) is 17.8 Å². The molecule has 4 aromatic rings. The number of thiocarbonyl (C=S) groups is 1. The molecule has 0 radical (unpaired) electrons. The Morgan fingerprint density at radius 3 is 2.50 bits per heavy atom. The zero-order valence-corrected chi connectivity index (χ0v) is 20.9. The van der Waals surface area contributed by atoms with E-state index in [2.05, 4.69) is 34.8 Å². The number of pyridine rings is 1. The van der Waals surface area contributed by atoms with Gasteiger partial charge in [-0.15, -0.1) is 0 Å². The Balaban J connectivity index is 1.71. The topological polar surface area (TPSA) is 53.3 Å². The van der Waals surface area contributed by atoms with E-state index in [1.165, 1.54) is 0 Å². The van der Waals surface area contributed by atoms with E-state index in [1.807, 2.05) is 47.4 Å². The van der Waals surface area contributed by atoms with Crippen LogP contribution in [-0.4, -0.2) is 19.8 Å². The van der Waals surface area contributed by atoms with Crippen LogP contribution < -0.4 is 10.2 Å². The fraction of sp³-hybridized carbons (Fsp3) is 0.154. The van der Waals surface area contributed by atoms with Crippen molar-refractivity contribution in [1.82, 2.24) is 14.9 Å². The van der Waals surface area contributed by atoms with Crippen LogP contribution in [0.5, 0.6) is 5.75 Å². The minimum Gasteiger partial charge on any atom is -0.506 e. The maximum atomic E-state index is 10.7. The van der Waals surface area contributed by atoms with E-state index in [1.54, 1.807) is 24.4 Å². The summed E-state index contributed by atoms with van der Waals surface area (Å²) in [5.74, 6) is 0.101. The highest BCUT2D eigenvalue weighted by molar-refractivity contribution is 7.80. The average Bonchev–Trinajstić information content (AvgIpc) is 3.31. The van der Waals surface area contributed by atoms with Crippen molar-refractivity contribution in [2.24, 2.45) is 0 Å². The van der Waals surface area contributed by atoms with E-state index < -0.39 is 0 Å². The summed E-state index contributed by atoms with van der Waals surface area (Å²) in [7, 11) is 0. The van der Waals surface area contributed by atoms with Gasteiger partial charge in [-0.05, 0) is 86.2 Å². The molecule has 8 heteroatoms. The monoisotopic (exact) mass is 508 g/mol. The van der Waals surface area contributed by atoms with E-state index in [9.17, 15) is 5.11 Å². The Morgan fingerprint density at radius 1 is 0.971 bits per heavy atom. The summed E-state index contributed by atoms with van der Waals surface area (Å²) in [6.07, 6.45) is 1.77. The summed E-state index contributed by atoms with van der Waals surface area (Å²) in [4.78, 5) is 6.54. The molecule has 1 aliphatic heterocycles. The summed E-state index contributed by atoms with van der Waals surface area (Å²) in [5, 5.41) is 15.9. The zero-order valence-electron chi connectivity index (χ0n) is 18.5. The standard InChI is InChI=1S/C26H22Cl2N4OS/c1-15-12-20(16(2)31(15)19-7-5-6-17(27)13-19)25-24(21-8-3-4-11-29-21)30-26(34)32(25)22-14-18(28)9-10-23(22)33/h3-14,24-25,33H,1-2H3,(H,30,34). The average molecular weight is 509 g/mol. The van der Waals surface area contributed by atoms with Gasteiger partial charge in [-0.1, -0.05) is 35.3 Å². The number of benzene rings is 2. The maximum absolute atomic E-state index is 10.7. The molecule has 2 N–H and O–H groups in total. The fourth-order valence-electron chi connectivity index (χ4n) is 4.72. The lowest BCUT2D eigenvalue weighted by Crippen LogP contribution is -2.29. The van der Waals surface area contributed by atoms with Crippen LogP contribution in [0.15, 0.2) is 72.9 Å². The Kier molecular flexibility index (Phi) is 5.98. The number of aryl methyl sites for hydroxylation is 1. The van der Waals surface area contributed by atoms with Gasteiger partial charge >= 0.3 is 0 Å². The van der Waals surface area contributed by atoms with Gasteiger partial charge in [0.25, 0.3) is 0 Å². The molecule has 2 atom stereocenters. The van der Waals surface area contributed by atoms with Gasteiger partial charge in [0, 0.05) is 33.3 Å². The summed E-state index contributed by atoms with van der Waals surface area (Å²) in [6, 6.07) is 20.2. The molecular formula is C26H22Cl2N4OS. The van der Waals surface area contributed by atoms with Gasteiger partial charge in [-0.3, -0.25) is 4.98 Å². The van der Waals surface area contributed by atoms with Crippen LogP contribution in [0.4, 0.5) is 5.69 Å². The lowest BCUT2D eigenvalue weighted by atomic mass is 9.96.